The average molecular weight is 241 g/mol. The quantitative estimate of drug-likeness (QED) is 0.825. The second-order valence-corrected chi connectivity index (χ2v) is 3.96. The zero-order valence-electron chi connectivity index (χ0n) is 10.1. The Balaban J connectivity index is 1.96. The molecule has 91 valence electrons. The van der Waals surface area contributed by atoms with Gasteiger partial charge in [-0.2, -0.15) is 0 Å². The van der Waals surface area contributed by atoms with Crippen molar-refractivity contribution in [3.05, 3.63) is 42.5 Å². The first-order valence-electron chi connectivity index (χ1n) is 5.91. The highest BCUT2D eigenvalue weighted by Crippen LogP contribution is 2.36. The highest BCUT2D eigenvalue weighted by atomic mass is 16.7. The van der Waals surface area contributed by atoms with Crippen molar-refractivity contribution in [2.45, 2.75) is 6.92 Å². The van der Waals surface area contributed by atoms with Crippen LogP contribution in [0.15, 0.2) is 36.4 Å². The number of hydrogen-bond acceptors (Lipinski definition) is 3. The Kier molecular flexibility index (Phi) is 2.81. The highest BCUT2D eigenvalue weighted by molar-refractivity contribution is 5.68. The smallest absolute Gasteiger partial charge is 0.231 e. The Labute approximate surface area is 106 Å². The summed E-state index contributed by atoms with van der Waals surface area (Å²) in [7, 11) is 0. The van der Waals surface area contributed by atoms with E-state index in [0.29, 0.717) is 13.4 Å². The third-order valence-electron chi connectivity index (χ3n) is 2.78. The summed E-state index contributed by atoms with van der Waals surface area (Å²) in [5.41, 5.74) is 2.12. The van der Waals surface area contributed by atoms with Gasteiger partial charge in [0.25, 0.3) is 0 Å². The van der Waals surface area contributed by atoms with Crippen LogP contribution in [0.5, 0.6) is 17.2 Å². The van der Waals surface area contributed by atoms with E-state index in [-0.39, 0.29) is 0 Å². The standard InChI is InChI=1S/C15H13O3/c1-2-16-13-5-3-4-11(8-13)12-6-7-14-15(9-12)18-10-17-14/h4-9H,2,10H2,1H3. The summed E-state index contributed by atoms with van der Waals surface area (Å²) in [6, 6.07) is 14.7. The fraction of sp³-hybridized carbons (Fsp3) is 0.200. The first-order valence-corrected chi connectivity index (χ1v) is 5.91. The molecule has 3 rings (SSSR count). The maximum atomic E-state index is 5.47. The van der Waals surface area contributed by atoms with Crippen LogP contribution < -0.4 is 14.2 Å². The van der Waals surface area contributed by atoms with Crippen molar-refractivity contribution in [3.8, 4) is 28.4 Å². The number of ether oxygens (including phenoxy) is 3. The summed E-state index contributed by atoms with van der Waals surface area (Å²) in [6.45, 7) is 2.91. The molecule has 0 bridgehead atoms. The van der Waals surface area contributed by atoms with Gasteiger partial charge in [0.05, 0.1) is 6.61 Å². The minimum Gasteiger partial charge on any atom is -0.494 e. The van der Waals surface area contributed by atoms with Gasteiger partial charge >= 0.3 is 0 Å². The number of hydrogen-bond donors (Lipinski definition) is 0. The molecule has 1 radical (unpaired) electrons. The van der Waals surface area contributed by atoms with Gasteiger partial charge in [0.2, 0.25) is 6.79 Å². The molecule has 3 nitrogen and oxygen atoms in total. The van der Waals surface area contributed by atoms with Crippen LogP contribution in [0.2, 0.25) is 0 Å². The molecule has 0 unspecified atom stereocenters. The van der Waals surface area contributed by atoms with E-state index in [1.165, 1.54) is 0 Å². The number of rotatable bonds is 3. The van der Waals surface area contributed by atoms with E-state index < -0.39 is 0 Å². The largest absolute Gasteiger partial charge is 0.494 e. The predicted molar refractivity (Wildman–Crippen MR) is 68.0 cm³/mol. The Hall–Kier alpha value is -2.16. The molecule has 1 heterocycles. The molecule has 0 N–H and O–H groups in total. The fourth-order valence-corrected chi connectivity index (χ4v) is 1.94. The van der Waals surface area contributed by atoms with Crippen LogP contribution >= 0.6 is 0 Å². The lowest BCUT2D eigenvalue weighted by molar-refractivity contribution is 0.174. The Bertz CT molecular complexity index is 563. The zero-order valence-corrected chi connectivity index (χ0v) is 10.1. The molecule has 1 aliphatic rings. The van der Waals surface area contributed by atoms with Gasteiger partial charge in [0.1, 0.15) is 5.75 Å². The van der Waals surface area contributed by atoms with Crippen LogP contribution in [-0.4, -0.2) is 13.4 Å². The Morgan fingerprint density at radius 2 is 2.00 bits per heavy atom. The molecule has 0 fully saturated rings. The van der Waals surface area contributed by atoms with E-state index in [9.17, 15) is 0 Å². The molecule has 2 aromatic rings. The van der Waals surface area contributed by atoms with Crippen LogP contribution in [0.4, 0.5) is 0 Å². The van der Waals surface area contributed by atoms with Gasteiger partial charge in [-0.25, -0.2) is 0 Å². The van der Waals surface area contributed by atoms with Gasteiger partial charge < -0.3 is 14.2 Å². The average Bonchev–Trinajstić information content (AvgIpc) is 2.86. The van der Waals surface area contributed by atoms with Gasteiger partial charge in [-0.15, -0.1) is 0 Å². The summed E-state index contributed by atoms with van der Waals surface area (Å²) >= 11 is 0. The fourth-order valence-electron chi connectivity index (χ4n) is 1.94. The molecule has 18 heavy (non-hydrogen) atoms. The molecular formula is C15H13O3. The molecule has 0 saturated heterocycles. The summed E-state index contributed by atoms with van der Waals surface area (Å²) in [5.74, 6) is 2.41. The zero-order chi connectivity index (χ0) is 12.4. The van der Waals surface area contributed by atoms with Crippen LogP contribution in [0.25, 0.3) is 11.1 Å². The monoisotopic (exact) mass is 241 g/mol. The molecule has 0 saturated carbocycles. The van der Waals surface area contributed by atoms with E-state index >= 15 is 0 Å². The van der Waals surface area contributed by atoms with E-state index in [2.05, 4.69) is 6.07 Å². The van der Waals surface area contributed by atoms with Gasteiger partial charge in [-0.1, -0.05) is 6.07 Å². The molecule has 0 aromatic heterocycles. The third-order valence-corrected chi connectivity index (χ3v) is 2.78. The molecule has 1 aliphatic heterocycles. The topological polar surface area (TPSA) is 27.7 Å². The lowest BCUT2D eigenvalue weighted by atomic mass is 10.0. The summed E-state index contributed by atoms with van der Waals surface area (Å²) < 4.78 is 16.1. The molecule has 0 atom stereocenters. The highest BCUT2D eigenvalue weighted by Gasteiger charge is 2.13. The lowest BCUT2D eigenvalue weighted by Gasteiger charge is -2.06. The van der Waals surface area contributed by atoms with E-state index in [1.807, 2.05) is 43.3 Å². The first kappa shape index (κ1) is 11.0. The Morgan fingerprint density at radius 1 is 1.11 bits per heavy atom. The van der Waals surface area contributed by atoms with Crippen molar-refractivity contribution < 1.29 is 14.2 Å². The van der Waals surface area contributed by atoms with Crippen LogP contribution in [0.3, 0.4) is 0 Å². The third kappa shape index (κ3) is 1.99. The maximum Gasteiger partial charge on any atom is 0.231 e. The van der Waals surface area contributed by atoms with Crippen molar-refractivity contribution in [1.29, 1.82) is 0 Å². The first-order chi connectivity index (χ1) is 8.86. The van der Waals surface area contributed by atoms with Crippen LogP contribution in [0.1, 0.15) is 6.92 Å². The van der Waals surface area contributed by atoms with Crippen molar-refractivity contribution >= 4 is 0 Å². The second kappa shape index (κ2) is 4.61. The molecule has 3 heteroatoms. The van der Waals surface area contributed by atoms with Crippen molar-refractivity contribution in [3.63, 3.8) is 0 Å². The van der Waals surface area contributed by atoms with Gasteiger partial charge in [0.15, 0.2) is 11.5 Å². The molecule has 2 aromatic carbocycles. The minimum atomic E-state index is 0.296. The second-order valence-electron chi connectivity index (χ2n) is 3.96. The maximum absolute atomic E-state index is 5.47. The van der Waals surface area contributed by atoms with E-state index in [1.54, 1.807) is 0 Å². The van der Waals surface area contributed by atoms with Crippen LogP contribution in [0, 0.1) is 6.07 Å². The molecule has 0 aliphatic carbocycles. The van der Waals surface area contributed by atoms with Gasteiger partial charge in [-0.05, 0) is 54.4 Å². The number of fused-ring (bicyclic) bond motifs is 1. The van der Waals surface area contributed by atoms with Crippen molar-refractivity contribution in [2.24, 2.45) is 0 Å². The SMILES string of the molecule is CCOc1c[c]cc(-c2ccc3c(c2)OCO3)c1. The van der Waals surface area contributed by atoms with Crippen molar-refractivity contribution in [2.75, 3.05) is 13.4 Å². The predicted octanol–water partition coefficient (Wildman–Crippen LogP) is 3.28. The summed E-state index contributed by atoms with van der Waals surface area (Å²) in [4.78, 5) is 0. The lowest BCUT2D eigenvalue weighted by Crippen LogP contribution is -1.92. The molecule has 0 spiro atoms. The van der Waals surface area contributed by atoms with Crippen molar-refractivity contribution in [1.82, 2.24) is 0 Å². The summed E-state index contributed by atoms with van der Waals surface area (Å²) in [5, 5.41) is 0. The van der Waals surface area contributed by atoms with E-state index in [4.69, 9.17) is 14.2 Å². The van der Waals surface area contributed by atoms with E-state index in [0.717, 1.165) is 28.4 Å². The van der Waals surface area contributed by atoms with Crippen LogP contribution in [-0.2, 0) is 0 Å². The van der Waals surface area contributed by atoms with Gasteiger partial charge in [0, 0.05) is 0 Å². The normalized spacial score (nSPS) is 12.5. The number of benzene rings is 2. The Morgan fingerprint density at radius 3 is 2.89 bits per heavy atom. The minimum absolute atomic E-state index is 0.296. The molecular weight excluding hydrogens is 228 g/mol. The summed E-state index contributed by atoms with van der Waals surface area (Å²) in [6.07, 6.45) is 0. The van der Waals surface area contributed by atoms with Gasteiger partial charge in [-0.3, -0.25) is 0 Å². The molecule has 0 amide bonds.